The number of hydrogen-bond acceptors (Lipinski definition) is 1. The number of alkyl halides is 2. The number of halogens is 3. The summed E-state index contributed by atoms with van der Waals surface area (Å²) in [6, 6.07) is 7.25. The summed E-state index contributed by atoms with van der Waals surface area (Å²) in [6.45, 7) is 0. The molecule has 0 saturated heterocycles. The second-order valence-corrected chi connectivity index (χ2v) is 6.96. The Morgan fingerprint density at radius 1 is 1.13 bits per heavy atom. The maximum absolute atomic E-state index is 11.3. The van der Waals surface area contributed by atoms with Gasteiger partial charge in [-0.3, -0.25) is 4.79 Å². The van der Waals surface area contributed by atoms with Gasteiger partial charge in [-0.1, -0.05) is 53.9 Å². The molecule has 0 atom stereocenters. The minimum Gasteiger partial charge on any atom is -0.322 e. The summed E-state index contributed by atoms with van der Waals surface area (Å²) in [5, 5.41) is 0.996. The molecule has 0 aliphatic heterocycles. The predicted molar refractivity (Wildman–Crippen MR) is 72.9 cm³/mol. The van der Waals surface area contributed by atoms with Crippen molar-refractivity contribution >= 4 is 58.7 Å². The maximum Gasteiger partial charge on any atom is 0.248 e. The molecule has 2 rings (SSSR count). The van der Waals surface area contributed by atoms with Gasteiger partial charge >= 0.3 is 0 Å². The highest BCUT2D eigenvalue weighted by Crippen LogP contribution is 2.35. The van der Waals surface area contributed by atoms with Gasteiger partial charge in [0, 0.05) is 21.5 Å². The van der Waals surface area contributed by atoms with Gasteiger partial charge in [-0.2, -0.15) is 0 Å². The Bertz CT molecular complexity index is 562. The highest BCUT2D eigenvalue weighted by atomic mass is 79.9. The van der Waals surface area contributed by atoms with Crippen molar-refractivity contribution < 1.29 is 0 Å². The minimum absolute atomic E-state index is 0.0265. The largest absolute Gasteiger partial charge is 0.322 e. The first-order chi connectivity index (χ1) is 7.09. The van der Waals surface area contributed by atoms with Crippen molar-refractivity contribution in [2.24, 2.45) is 0 Å². The number of hydrogen-bond donors (Lipinski definition) is 1. The molecule has 1 aromatic carbocycles. The van der Waals surface area contributed by atoms with E-state index in [4.69, 9.17) is 0 Å². The van der Waals surface area contributed by atoms with Gasteiger partial charge < -0.3 is 4.98 Å². The molecule has 1 N–H and O–H groups in total. The van der Waals surface area contributed by atoms with Gasteiger partial charge in [0.25, 0.3) is 0 Å². The summed E-state index contributed by atoms with van der Waals surface area (Å²) >= 11 is 10.3. The SMILES string of the molecule is O=c1ccc2c(Br)ccc(C(Br)Br)c2[nH]1. The van der Waals surface area contributed by atoms with Gasteiger partial charge in [-0.05, 0) is 12.1 Å². The Morgan fingerprint density at radius 3 is 2.53 bits per heavy atom. The highest BCUT2D eigenvalue weighted by molar-refractivity contribution is 9.24. The van der Waals surface area contributed by atoms with Crippen molar-refractivity contribution in [1.82, 2.24) is 4.98 Å². The number of nitrogens with one attached hydrogen (secondary N) is 1. The molecule has 0 aliphatic carbocycles. The van der Waals surface area contributed by atoms with Crippen LogP contribution in [-0.2, 0) is 0 Å². The smallest absolute Gasteiger partial charge is 0.248 e. The molecule has 1 heterocycles. The van der Waals surface area contributed by atoms with E-state index in [-0.39, 0.29) is 9.30 Å². The van der Waals surface area contributed by atoms with Gasteiger partial charge in [0.05, 0.1) is 9.25 Å². The zero-order valence-corrected chi connectivity index (χ0v) is 12.2. The molecule has 5 heteroatoms. The number of aromatic nitrogens is 1. The molecule has 0 spiro atoms. The van der Waals surface area contributed by atoms with E-state index in [2.05, 4.69) is 52.8 Å². The van der Waals surface area contributed by atoms with E-state index >= 15 is 0 Å². The van der Waals surface area contributed by atoms with Gasteiger partial charge in [0.1, 0.15) is 0 Å². The molecule has 0 fully saturated rings. The molecule has 15 heavy (non-hydrogen) atoms. The number of benzene rings is 1. The first kappa shape index (κ1) is 11.4. The summed E-state index contributed by atoms with van der Waals surface area (Å²) in [4.78, 5) is 14.1. The second-order valence-electron chi connectivity index (χ2n) is 3.05. The molecule has 0 unspecified atom stereocenters. The zero-order valence-electron chi connectivity index (χ0n) is 7.43. The van der Waals surface area contributed by atoms with Crippen molar-refractivity contribution in [2.45, 2.75) is 3.74 Å². The average molecular weight is 396 g/mol. The molecular formula is C10H6Br3NO. The van der Waals surface area contributed by atoms with Crippen LogP contribution >= 0.6 is 47.8 Å². The van der Waals surface area contributed by atoms with Crippen molar-refractivity contribution in [3.8, 4) is 0 Å². The van der Waals surface area contributed by atoms with Crippen LogP contribution in [0.5, 0.6) is 0 Å². The molecule has 2 aromatic rings. The summed E-state index contributed by atoms with van der Waals surface area (Å²) in [7, 11) is 0. The number of aromatic amines is 1. The summed E-state index contributed by atoms with van der Waals surface area (Å²) in [5.41, 5.74) is 1.75. The van der Waals surface area contributed by atoms with E-state index in [1.165, 1.54) is 6.07 Å². The molecule has 1 aromatic heterocycles. The van der Waals surface area contributed by atoms with Gasteiger partial charge in [-0.15, -0.1) is 0 Å². The van der Waals surface area contributed by atoms with Gasteiger partial charge in [0.2, 0.25) is 5.56 Å². The van der Waals surface area contributed by atoms with Crippen LogP contribution in [0.15, 0.2) is 33.5 Å². The maximum atomic E-state index is 11.3. The lowest BCUT2D eigenvalue weighted by atomic mass is 10.1. The molecule has 78 valence electrons. The fourth-order valence-electron chi connectivity index (χ4n) is 1.42. The lowest BCUT2D eigenvalue weighted by Gasteiger charge is -2.08. The average Bonchev–Trinajstić information content (AvgIpc) is 2.17. The third-order valence-electron chi connectivity index (χ3n) is 2.11. The number of pyridine rings is 1. The third-order valence-corrected chi connectivity index (χ3v) is 3.79. The van der Waals surface area contributed by atoms with Crippen LogP contribution < -0.4 is 5.56 Å². The predicted octanol–water partition coefficient (Wildman–Crippen LogP) is 4.08. The van der Waals surface area contributed by atoms with E-state index in [0.29, 0.717) is 0 Å². The number of fused-ring (bicyclic) bond motifs is 1. The monoisotopic (exact) mass is 393 g/mol. The lowest BCUT2D eigenvalue weighted by Crippen LogP contribution is -2.04. The first-order valence-electron chi connectivity index (χ1n) is 4.19. The standard InChI is InChI=1S/C10H6Br3NO/c11-7-3-1-6(10(12)13)9-5(7)2-4-8(15)14-9/h1-4,10H,(H,14,15). The van der Waals surface area contributed by atoms with Crippen LogP contribution in [0.2, 0.25) is 0 Å². The van der Waals surface area contributed by atoms with Crippen molar-refractivity contribution in [1.29, 1.82) is 0 Å². The Kier molecular flexibility index (Phi) is 3.33. The van der Waals surface area contributed by atoms with Crippen LogP contribution in [0.3, 0.4) is 0 Å². The normalized spacial score (nSPS) is 11.2. The lowest BCUT2D eigenvalue weighted by molar-refractivity contribution is 1.27. The molecule has 0 aliphatic rings. The van der Waals surface area contributed by atoms with Crippen LogP contribution in [0.25, 0.3) is 10.9 Å². The van der Waals surface area contributed by atoms with E-state index in [1.807, 2.05) is 18.2 Å². The van der Waals surface area contributed by atoms with Crippen molar-refractivity contribution in [2.75, 3.05) is 0 Å². The molecule has 0 radical (unpaired) electrons. The van der Waals surface area contributed by atoms with E-state index in [9.17, 15) is 4.79 Å². The Hall–Kier alpha value is -0.130. The minimum atomic E-state index is -0.0949. The fraction of sp³-hybridized carbons (Fsp3) is 0.100. The van der Waals surface area contributed by atoms with E-state index < -0.39 is 0 Å². The van der Waals surface area contributed by atoms with Crippen LogP contribution in [0.4, 0.5) is 0 Å². The molecule has 0 saturated carbocycles. The molecular weight excluding hydrogens is 390 g/mol. The summed E-state index contributed by atoms with van der Waals surface area (Å²) in [5.74, 6) is 0. The molecule has 2 nitrogen and oxygen atoms in total. The zero-order chi connectivity index (χ0) is 11.0. The summed E-state index contributed by atoms with van der Waals surface area (Å²) < 4.78 is 0.997. The first-order valence-corrected chi connectivity index (χ1v) is 6.81. The van der Waals surface area contributed by atoms with Crippen LogP contribution in [0.1, 0.15) is 9.30 Å². The van der Waals surface area contributed by atoms with Gasteiger partial charge in [0.15, 0.2) is 0 Å². The van der Waals surface area contributed by atoms with Crippen LogP contribution in [-0.4, -0.2) is 4.98 Å². The topological polar surface area (TPSA) is 32.9 Å². The van der Waals surface area contributed by atoms with Crippen molar-refractivity contribution in [3.05, 3.63) is 44.7 Å². The van der Waals surface area contributed by atoms with Crippen LogP contribution in [0, 0.1) is 0 Å². The Labute approximate surface area is 111 Å². The third kappa shape index (κ3) is 2.19. The number of rotatable bonds is 1. The summed E-state index contributed by atoms with van der Waals surface area (Å²) in [6.07, 6.45) is 0. The molecule has 0 amide bonds. The quantitative estimate of drug-likeness (QED) is 0.725. The highest BCUT2D eigenvalue weighted by Gasteiger charge is 2.10. The van der Waals surface area contributed by atoms with E-state index in [0.717, 1.165) is 20.9 Å². The van der Waals surface area contributed by atoms with E-state index in [1.54, 1.807) is 0 Å². The second kappa shape index (κ2) is 4.39. The molecule has 0 bridgehead atoms. The number of H-pyrrole nitrogens is 1. The van der Waals surface area contributed by atoms with Gasteiger partial charge in [-0.25, -0.2) is 0 Å². The Morgan fingerprint density at radius 2 is 1.87 bits per heavy atom. The Balaban J connectivity index is 2.90. The fourth-order valence-corrected chi connectivity index (χ4v) is 2.64. The van der Waals surface area contributed by atoms with Crippen molar-refractivity contribution in [3.63, 3.8) is 0 Å².